The number of rotatable bonds is 4. The Bertz CT molecular complexity index is 1020. The predicted molar refractivity (Wildman–Crippen MR) is 112 cm³/mol. The highest BCUT2D eigenvalue weighted by molar-refractivity contribution is 7.99. The van der Waals surface area contributed by atoms with E-state index in [2.05, 4.69) is 30.1 Å². The Hall–Kier alpha value is -2.28. The van der Waals surface area contributed by atoms with Crippen LogP contribution in [0.4, 0.5) is 0 Å². The number of likely N-dealkylation sites (tertiary alicyclic amines) is 1. The smallest absolute Gasteiger partial charge is 0.233 e. The fourth-order valence-corrected chi connectivity index (χ4v) is 5.04. The van der Waals surface area contributed by atoms with Crippen molar-refractivity contribution in [3.05, 3.63) is 29.8 Å². The molecule has 3 aromatic rings. The summed E-state index contributed by atoms with van der Waals surface area (Å²) >= 11 is 1.46. The molecule has 2 aromatic heterocycles. The van der Waals surface area contributed by atoms with Gasteiger partial charge in [-0.15, -0.1) is 10.2 Å². The maximum Gasteiger partial charge on any atom is 0.233 e. The molecule has 0 bridgehead atoms. The number of nitrogens with zero attached hydrogens (tertiary/aromatic N) is 4. The average molecular weight is 399 g/mol. The van der Waals surface area contributed by atoms with Crippen molar-refractivity contribution in [2.24, 2.45) is 0 Å². The minimum atomic E-state index is 0.181. The summed E-state index contributed by atoms with van der Waals surface area (Å²) in [6, 6.07) is 8.68. The Morgan fingerprint density at radius 3 is 2.68 bits per heavy atom. The molecule has 0 aliphatic carbocycles. The molecule has 0 radical (unpaired) electrons. The van der Waals surface area contributed by atoms with Crippen molar-refractivity contribution in [2.45, 2.75) is 57.3 Å². The SMILES string of the molecule is COc1ccc2c(c1)cc(C)c1nnc(SCC(=O)N3C(C)CCCC3C)n12. The molecule has 1 aliphatic heterocycles. The van der Waals surface area contributed by atoms with Crippen LogP contribution in [0.5, 0.6) is 5.75 Å². The molecule has 3 heterocycles. The second-order valence-corrected chi connectivity index (χ2v) is 8.55. The van der Waals surface area contributed by atoms with Crippen LogP contribution in [-0.2, 0) is 4.79 Å². The van der Waals surface area contributed by atoms with Crippen LogP contribution in [0, 0.1) is 6.92 Å². The summed E-state index contributed by atoms with van der Waals surface area (Å²) in [5, 5.41) is 10.6. The van der Waals surface area contributed by atoms with Gasteiger partial charge in [0.1, 0.15) is 5.75 Å². The molecular weight excluding hydrogens is 372 g/mol. The molecule has 148 valence electrons. The van der Waals surface area contributed by atoms with E-state index in [0.29, 0.717) is 17.8 Å². The molecule has 28 heavy (non-hydrogen) atoms. The number of pyridine rings is 1. The van der Waals surface area contributed by atoms with Gasteiger partial charge in [-0.3, -0.25) is 9.20 Å². The van der Waals surface area contributed by atoms with Crippen molar-refractivity contribution in [2.75, 3.05) is 12.9 Å². The van der Waals surface area contributed by atoms with Crippen LogP contribution in [-0.4, -0.2) is 50.4 Å². The first-order valence-electron chi connectivity index (χ1n) is 9.76. The van der Waals surface area contributed by atoms with Gasteiger partial charge in [0.05, 0.1) is 18.4 Å². The van der Waals surface area contributed by atoms with Crippen molar-refractivity contribution in [3.63, 3.8) is 0 Å². The van der Waals surface area contributed by atoms with E-state index in [1.807, 2.05) is 34.4 Å². The van der Waals surface area contributed by atoms with Crippen LogP contribution >= 0.6 is 11.8 Å². The highest BCUT2D eigenvalue weighted by atomic mass is 32.2. The Morgan fingerprint density at radius 2 is 1.96 bits per heavy atom. The summed E-state index contributed by atoms with van der Waals surface area (Å²) in [5.41, 5.74) is 2.89. The Balaban J connectivity index is 1.65. The van der Waals surface area contributed by atoms with E-state index in [1.54, 1.807) is 7.11 Å². The fourth-order valence-electron chi connectivity index (χ4n) is 4.23. The summed E-state index contributed by atoms with van der Waals surface area (Å²) in [6.45, 7) is 6.32. The minimum absolute atomic E-state index is 0.181. The van der Waals surface area contributed by atoms with Gasteiger partial charge in [-0.25, -0.2) is 0 Å². The molecular formula is C21H26N4O2S. The van der Waals surface area contributed by atoms with Gasteiger partial charge >= 0.3 is 0 Å². The molecule has 0 N–H and O–H groups in total. The number of aromatic nitrogens is 3. The molecule has 6 nitrogen and oxygen atoms in total. The third kappa shape index (κ3) is 3.32. The third-order valence-corrected chi connectivity index (χ3v) is 6.55. The highest BCUT2D eigenvalue weighted by Crippen LogP contribution is 2.29. The summed E-state index contributed by atoms with van der Waals surface area (Å²) in [6.07, 6.45) is 3.36. The second-order valence-electron chi connectivity index (χ2n) is 7.61. The van der Waals surface area contributed by atoms with Gasteiger partial charge in [0.15, 0.2) is 10.8 Å². The zero-order valence-corrected chi connectivity index (χ0v) is 17.6. The molecule has 2 atom stereocenters. The highest BCUT2D eigenvalue weighted by Gasteiger charge is 2.29. The first-order valence-corrected chi connectivity index (χ1v) is 10.7. The molecule has 2 unspecified atom stereocenters. The molecule has 1 aromatic carbocycles. The normalized spacial score (nSPS) is 20.1. The number of methoxy groups -OCH3 is 1. The van der Waals surface area contributed by atoms with E-state index in [9.17, 15) is 4.79 Å². The van der Waals surface area contributed by atoms with E-state index >= 15 is 0 Å². The van der Waals surface area contributed by atoms with Crippen LogP contribution in [0.25, 0.3) is 16.6 Å². The van der Waals surface area contributed by atoms with Crippen LogP contribution in [0.2, 0.25) is 0 Å². The topological polar surface area (TPSA) is 59.7 Å². The molecule has 4 rings (SSSR count). The Morgan fingerprint density at radius 1 is 1.21 bits per heavy atom. The summed E-state index contributed by atoms with van der Waals surface area (Å²) in [7, 11) is 1.67. The van der Waals surface area contributed by atoms with Gasteiger partial charge in [-0.1, -0.05) is 11.8 Å². The summed E-state index contributed by atoms with van der Waals surface area (Å²) in [5.74, 6) is 1.37. The van der Waals surface area contributed by atoms with E-state index < -0.39 is 0 Å². The molecule has 1 fully saturated rings. The second kappa shape index (κ2) is 7.62. The number of carbonyl (C=O) groups excluding carboxylic acids is 1. The largest absolute Gasteiger partial charge is 0.497 e. The quantitative estimate of drug-likeness (QED) is 0.620. The van der Waals surface area contributed by atoms with Crippen molar-refractivity contribution >= 4 is 34.2 Å². The number of carbonyl (C=O) groups is 1. The molecule has 1 amide bonds. The maximum atomic E-state index is 12.9. The first kappa shape index (κ1) is 19.1. The lowest BCUT2D eigenvalue weighted by Gasteiger charge is -2.39. The van der Waals surface area contributed by atoms with Crippen LogP contribution in [0.15, 0.2) is 29.4 Å². The van der Waals surface area contributed by atoms with Crippen LogP contribution in [0.1, 0.15) is 38.7 Å². The van der Waals surface area contributed by atoms with E-state index in [1.165, 1.54) is 18.2 Å². The maximum absolute atomic E-state index is 12.9. The summed E-state index contributed by atoms with van der Waals surface area (Å²) in [4.78, 5) is 14.9. The number of ether oxygens (including phenoxy) is 1. The summed E-state index contributed by atoms with van der Waals surface area (Å²) < 4.78 is 7.40. The molecule has 1 saturated heterocycles. The van der Waals surface area contributed by atoms with Gasteiger partial charge in [-0.05, 0) is 69.9 Å². The Kier molecular flexibility index (Phi) is 5.19. The molecule has 7 heteroatoms. The number of benzene rings is 1. The van der Waals surface area contributed by atoms with Gasteiger partial charge in [0.2, 0.25) is 5.91 Å². The number of hydrogen-bond acceptors (Lipinski definition) is 5. The van der Waals surface area contributed by atoms with Crippen molar-refractivity contribution in [1.29, 1.82) is 0 Å². The van der Waals surface area contributed by atoms with Gasteiger partial charge in [0, 0.05) is 17.5 Å². The zero-order chi connectivity index (χ0) is 19.8. The lowest BCUT2D eigenvalue weighted by atomic mass is 9.98. The van der Waals surface area contributed by atoms with Crippen LogP contribution < -0.4 is 4.74 Å². The van der Waals surface area contributed by atoms with Crippen molar-refractivity contribution in [3.8, 4) is 5.75 Å². The number of piperidine rings is 1. The lowest BCUT2D eigenvalue weighted by molar-refractivity contribution is -0.134. The first-order chi connectivity index (χ1) is 13.5. The number of amides is 1. The molecule has 1 aliphatic rings. The van der Waals surface area contributed by atoms with Crippen molar-refractivity contribution in [1.82, 2.24) is 19.5 Å². The van der Waals surface area contributed by atoms with Gasteiger partial charge in [0.25, 0.3) is 0 Å². The Labute approximate surface area is 169 Å². The molecule has 0 saturated carbocycles. The predicted octanol–water partition coefficient (Wildman–Crippen LogP) is 4.08. The third-order valence-electron chi connectivity index (χ3n) is 5.64. The van der Waals surface area contributed by atoms with E-state index in [-0.39, 0.29) is 5.91 Å². The fraction of sp³-hybridized carbons (Fsp3) is 0.476. The number of aryl methyl sites for hydroxylation is 1. The zero-order valence-electron chi connectivity index (χ0n) is 16.8. The van der Waals surface area contributed by atoms with E-state index in [4.69, 9.17) is 4.74 Å². The number of thioether (sulfide) groups is 1. The monoisotopic (exact) mass is 398 g/mol. The lowest BCUT2D eigenvalue weighted by Crippen LogP contribution is -2.48. The standard InChI is InChI=1S/C21H26N4O2S/c1-13-10-16-11-17(27-4)8-9-18(16)25-20(13)22-23-21(25)28-12-19(26)24-14(2)6-5-7-15(24)3/h8-11,14-15H,5-7,12H2,1-4H3. The number of hydrogen-bond donors (Lipinski definition) is 0. The number of fused-ring (bicyclic) bond motifs is 3. The average Bonchev–Trinajstić information content (AvgIpc) is 3.10. The van der Waals surface area contributed by atoms with Gasteiger partial charge in [-0.2, -0.15) is 0 Å². The van der Waals surface area contributed by atoms with Gasteiger partial charge < -0.3 is 9.64 Å². The molecule has 0 spiro atoms. The minimum Gasteiger partial charge on any atom is -0.497 e. The van der Waals surface area contributed by atoms with Crippen molar-refractivity contribution < 1.29 is 9.53 Å². The van der Waals surface area contributed by atoms with E-state index in [0.717, 1.165) is 45.9 Å². The van der Waals surface area contributed by atoms with Crippen LogP contribution in [0.3, 0.4) is 0 Å².